The van der Waals surface area contributed by atoms with Crippen molar-refractivity contribution in [2.45, 2.75) is 32.7 Å². The van der Waals surface area contributed by atoms with Crippen molar-refractivity contribution in [2.75, 3.05) is 13.1 Å². The number of aromatic nitrogens is 1. The van der Waals surface area contributed by atoms with Gasteiger partial charge in [-0.3, -0.25) is 9.59 Å². The first-order valence-electron chi connectivity index (χ1n) is 8.19. The topological polar surface area (TPSA) is 75.4 Å². The Kier molecular flexibility index (Phi) is 4.93. The maximum absolute atomic E-state index is 12.3. The predicted octanol–water partition coefficient (Wildman–Crippen LogP) is 2.14. The first kappa shape index (κ1) is 16.2. The summed E-state index contributed by atoms with van der Waals surface area (Å²) in [5, 5.41) is 2.70. The van der Waals surface area contributed by atoms with Crippen molar-refractivity contribution in [2.24, 2.45) is 0 Å². The van der Waals surface area contributed by atoms with Crippen LogP contribution in [0.3, 0.4) is 0 Å². The summed E-state index contributed by atoms with van der Waals surface area (Å²) in [7, 11) is 0. The minimum absolute atomic E-state index is 0.0684. The van der Waals surface area contributed by atoms with E-state index < -0.39 is 0 Å². The summed E-state index contributed by atoms with van der Waals surface area (Å²) in [6, 6.07) is 9.77. The van der Waals surface area contributed by atoms with Gasteiger partial charge in [-0.15, -0.1) is 0 Å². The lowest BCUT2D eigenvalue weighted by atomic mass is 10.1. The Morgan fingerprint density at radius 2 is 2.08 bits per heavy atom. The zero-order valence-corrected chi connectivity index (χ0v) is 13.7. The van der Waals surface area contributed by atoms with Crippen LogP contribution in [-0.2, 0) is 22.6 Å². The third kappa shape index (κ3) is 3.82. The normalized spacial score (nSPS) is 13.5. The number of hydrogen-bond donors (Lipinski definition) is 1. The van der Waals surface area contributed by atoms with Crippen molar-refractivity contribution in [1.82, 2.24) is 15.2 Å². The molecular weight excluding hydrogens is 306 g/mol. The largest absolute Gasteiger partial charge is 0.441 e. The van der Waals surface area contributed by atoms with Crippen LogP contribution >= 0.6 is 0 Å². The Morgan fingerprint density at radius 3 is 2.83 bits per heavy atom. The molecule has 1 aliphatic rings. The Hall–Kier alpha value is -2.63. The monoisotopic (exact) mass is 327 g/mol. The van der Waals surface area contributed by atoms with Crippen molar-refractivity contribution in [3.05, 3.63) is 41.8 Å². The Balaban J connectivity index is 1.59. The fourth-order valence-corrected chi connectivity index (χ4v) is 2.78. The zero-order valence-electron chi connectivity index (χ0n) is 13.7. The van der Waals surface area contributed by atoms with Gasteiger partial charge in [-0.05, 0) is 18.6 Å². The minimum Gasteiger partial charge on any atom is -0.441 e. The summed E-state index contributed by atoms with van der Waals surface area (Å²) >= 11 is 0. The second-order valence-electron chi connectivity index (χ2n) is 5.91. The third-order valence-corrected chi connectivity index (χ3v) is 4.04. The van der Waals surface area contributed by atoms with Gasteiger partial charge in [0.05, 0.1) is 6.54 Å². The van der Waals surface area contributed by atoms with Gasteiger partial charge in [-0.1, -0.05) is 18.2 Å². The fourth-order valence-electron chi connectivity index (χ4n) is 2.78. The molecule has 6 nitrogen and oxygen atoms in total. The number of benzene rings is 1. The molecule has 1 aromatic heterocycles. The molecule has 0 unspecified atom stereocenters. The lowest BCUT2D eigenvalue weighted by Gasteiger charge is -2.25. The number of carbonyl (C=O) groups is 2. The molecule has 0 saturated heterocycles. The van der Waals surface area contributed by atoms with E-state index in [1.807, 2.05) is 35.2 Å². The van der Waals surface area contributed by atoms with E-state index in [2.05, 4.69) is 10.3 Å². The molecule has 0 spiro atoms. The fraction of sp³-hybridized carbons (Fsp3) is 0.389. The summed E-state index contributed by atoms with van der Waals surface area (Å²) in [5.74, 6) is 1.51. The van der Waals surface area contributed by atoms with Crippen LogP contribution in [0.4, 0.5) is 0 Å². The van der Waals surface area contributed by atoms with Crippen LogP contribution in [0.1, 0.15) is 31.2 Å². The van der Waals surface area contributed by atoms with Gasteiger partial charge in [0, 0.05) is 38.4 Å². The maximum Gasteiger partial charge on any atom is 0.226 e. The van der Waals surface area contributed by atoms with Gasteiger partial charge in [0.1, 0.15) is 11.5 Å². The highest BCUT2D eigenvalue weighted by molar-refractivity contribution is 5.76. The SMILES string of the molecule is CC(=O)NCCCC(=O)N1CCc2oc(-c3ccccc3)nc2C1. The molecule has 1 N–H and O–H groups in total. The first-order chi connectivity index (χ1) is 11.6. The number of nitrogens with zero attached hydrogens (tertiary/aromatic N) is 2. The molecule has 6 heteroatoms. The number of rotatable bonds is 5. The number of oxazole rings is 1. The molecule has 2 amide bonds. The van der Waals surface area contributed by atoms with Crippen LogP contribution < -0.4 is 5.32 Å². The number of hydrogen-bond acceptors (Lipinski definition) is 4. The lowest BCUT2D eigenvalue weighted by molar-refractivity contribution is -0.132. The molecule has 0 atom stereocenters. The first-order valence-corrected chi connectivity index (χ1v) is 8.19. The minimum atomic E-state index is -0.0684. The van der Waals surface area contributed by atoms with Crippen molar-refractivity contribution in [3.8, 4) is 11.5 Å². The van der Waals surface area contributed by atoms with Crippen molar-refractivity contribution in [1.29, 1.82) is 0 Å². The predicted molar refractivity (Wildman–Crippen MR) is 89.0 cm³/mol. The molecule has 2 heterocycles. The van der Waals surface area contributed by atoms with E-state index in [0.717, 1.165) is 17.0 Å². The number of fused-ring (bicyclic) bond motifs is 1. The van der Waals surface area contributed by atoms with E-state index in [-0.39, 0.29) is 11.8 Å². The van der Waals surface area contributed by atoms with E-state index in [1.54, 1.807) is 0 Å². The highest BCUT2D eigenvalue weighted by Crippen LogP contribution is 2.26. The summed E-state index contributed by atoms with van der Waals surface area (Å²) in [6.07, 6.45) is 1.77. The molecule has 1 aromatic carbocycles. The quantitative estimate of drug-likeness (QED) is 0.854. The molecule has 1 aliphatic heterocycles. The third-order valence-electron chi connectivity index (χ3n) is 4.04. The Morgan fingerprint density at radius 1 is 1.29 bits per heavy atom. The van der Waals surface area contributed by atoms with Gasteiger partial charge in [0.2, 0.25) is 17.7 Å². The molecule has 3 rings (SSSR count). The summed E-state index contributed by atoms with van der Waals surface area (Å²) < 4.78 is 5.85. The van der Waals surface area contributed by atoms with Gasteiger partial charge < -0.3 is 14.6 Å². The molecule has 2 aromatic rings. The molecule has 0 fully saturated rings. The van der Waals surface area contributed by atoms with Gasteiger partial charge in [0.15, 0.2) is 0 Å². The van der Waals surface area contributed by atoms with Crippen molar-refractivity contribution >= 4 is 11.8 Å². The summed E-state index contributed by atoms with van der Waals surface area (Å²) in [4.78, 5) is 29.5. The second kappa shape index (κ2) is 7.29. The summed E-state index contributed by atoms with van der Waals surface area (Å²) in [5.41, 5.74) is 1.79. The van der Waals surface area contributed by atoms with Crippen molar-refractivity contribution in [3.63, 3.8) is 0 Å². The molecule has 126 valence electrons. The zero-order chi connectivity index (χ0) is 16.9. The Bertz CT molecular complexity index is 724. The molecular formula is C18H21N3O3. The molecule has 0 radical (unpaired) electrons. The average Bonchev–Trinajstić information content (AvgIpc) is 3.02. The number of carbonyl (C=O) groups excluding carboxylic acids is 2. The van der Waals surface area contributed by atoms with E-state index in [4.69, 9.17) is 4.42 Å². The maximum atomic E-state index is 12.3. The van der Waals surface area contributed by atoms with Crippen molar-refractivity contribution < 1.29 is 14.0 Å². The van der Waals surface area contributed by atoms with E-state index >= 15 is 0 Å². The molecule has 0 saturated carbocycles. The van der Waals surface area contributed by atoms with Crippen LogP contribution in [-0.4, -0.2) is 34.8 Å². The van der Waals surface area contributed by atoms with Crippen LogP contribution in [0, 0.1) is 0 Å². The standard InChI is InChI=1S/C18H21N3O3/c1-13(22)19-10-5-8-17(23)21-11-9-16-15(12-21)20-18(24-16)14-6-3-2-4-7-14/h2-4,6-7H,5,8-12H2,1H3,(H,19,22). The van der Waals surface area contributed by atoms with Gasteiger partial charge in [-0.25, -0.2) is 4.98 Å². The highest BCUT2D eigenvalue weighted by atomic mass is 16.4. The van der Waals surface area contributed by atoms with Crippen LogP contribution in [0.5, 0.6) is 0 Å². The van der Waals surface area contributed by atoms with E-state index in [1.165, 1.54) is 6.92 Å². The average molecular weight is 327 g/mol. The number of amides is 2. The summed E-state index contributed by atoms with van der Waals surface area (Å²) in [6.45, 7) is 3.14. The van der Waals surface area contributed by atoms with Gasteiger partial charge in [0.25, 0.3) is 0 Å². The molecule has 0 bridgehead atoms. The van der Waals surface area contributed by atoms with Crippen LogP contribution in [0.25, 0.3) is 11.5 Å². The van der Waals surface area contributed by atoms with Gasteiger partial charge in [-0.2, -0.15) is 0 Å². The van der Waals surface area contributed by atoms with E-state index in [0.29, 0.717) is 44.8 Å². The highest BCUT2D eigenvalue weighted by Gasteiger charge is 2.25. The molecule has 0 aliphatic carbocycles. The lowest BCUT2D eigenvalue weighted by Crippen LogP contribution is -2.36. The Labute approximate surface area is 140 Å². The number of nitrogens with one attached hydrogen (secondary N) is 1. The van der Waals surface area contributed by atoms with Gasteiger partial charge >= 0.3 is 0 Å². The smallest absolute Gasteiger partial charge is 0.226 e. The van der Waals surface area contributed by atoms with Crippen LogP contribution in [0.15, 0.2) is 34.7 Å². The van der Waals surface area contributed by atoms with E-state index in [9.17, 15) is 9.59 Å². The second-order valence-corrected chi connectivity index (χ2v) is 5.91. The molecule has 24 heavy (non-hydrogen) atoms. The van der Waals surface area contributed by atoms with Crippen LogP contribution in [0.2, 0.25) is 0 Å².